The van der Waals surface area contributed by atoms with E-state index in [2.05, 4.69) is 32.3 Å². The van der Waals surface area contributed by atoms with Crippen LogP contribution in [-0.2, 0) is 24.1 Å². The number of carboxylic acids is 1. The normalized spacial score (nSPS) is 14.2. The van der Waals surface area contributed by atoms with Crippen molar-refractivity contribution >= 4 is 23.4 Å². The van der Waals surface area contributed by atoms with Crippen LogP contribution in [0.4, 0.5) is 10.2 Å². The molecule has 2 aromatic heterocycles. The molecule has 180 valence electrons. The number of rotatable bonds is 14. The number of carboxylic acid groups (broad SMARTS) is 1. The fourth-order valence-corrected chi connectivity index (χ4v) is 4.33. The number of unbranched alkanes of at least 4 members (excludes halogenated alkanes) is 1. The van der Waals surface area contributed by atoms with Crippen molar-refractivity contribution < 1.29 is 14.3 Å². The van der Waals surface area contributed by atoms with E-state index in [1.807, 2.05) is 0 Å². The summed E-state index contributed by atoms with van der Waals surface area (Å²) < 4.78 is 12.8. The summed E-state index contributed by atoms with van der Waals surface area (Å²) in [6.45, 7) is 1.59. The van der Waals surface area contributed by atoms with Gasteiger partial charge < -0.3 is 15.3 Å². The van der Waals surface area contributed by atoms with Crippen LogP contribution in [0.1, 0.15) is 55.5 Å². The van der Waals surface area contributed by atoms with Gasteiger partial charge in [0.25, 0.3) is 0 Å². The van der Waals surface area contributed by atoms with Crippen LogP contribution in [0.25, 0.3) is 0 Å². The fourth-order valence-electron chi connectivity index (χ4n) is 4.19. The minimum Gasteiger partial charge on any atom is -0.480 e. The number of aryl methyl sites for hydroxylation is 3. The summed E-state index contributed by atoms with van der Waals surface area (Å²) in [6, 6.07) is 5.05. The summed E-state index contributed by atoms with van der Waals surface area (Å²) in [4.78, 5) is 26.5. The number of fused-ring (bicyclic) bond motifs is 1. The molecule has 0 spiro atoms. The Hall–Kier alpha value is -2.32. The highest BCUT2D eigenvalue weighted by atomic mass is 35.5. The third kappa shape index (κ3) is 8.51. The number of aromatic nitrogens is 3. The van der Waals surface area contributed by atoms with Gasteiger partial charge in [0.2, 0.25) is 0 Å². The van der Waals surface area contributed by atoms with Gasteiger partial charge in [-0.3, -0.25) is 9.37 Å². The number of hydrogen-bond acceptors (Lipinski definition) is 6. The predicted octanol–water partition coefficient (Wildman–Crippen LogP) is 4.34. The first kappa shape index (κ1) is 25.3. The van der Waals surface area contributed by atoms with Crippen LogP contribution < -0.4 is 5.32 Å². The zero-order valence-corrected chi connectivity index (χ0v) is 19.7. The van der Waals surface area contributed by atoms with Crippen molar-refractivity contribution in [3.05, 3.63) is 46.6 Å². The lowest BCUT2D eigenvalue weighted by molar-refractivity contribution is -0.138. The highest BCUT2D eigenvalue weighted by Gasteiger charge is 2.19. The van der Waals surface area contributed by atoms with Crippen LogP contribution in [-0.4, -0.2) is 63.3 Å². The SMILES string of the molecule is O=C(O)[C@H](CCN(CCCF)CCCCc1ccc2c(n1)CCCC2)Nc1cc(Cl)ncn1. The van der Waals surface area contributed by atoms with E-state index in [0.717, 1.165) is 44.3 Å². The van der Waals surface area contributed by atoms with Crippen molar-refractivity contribution in [3.8, 4) is 0 Å². The molecule has 1 aliphatic rings. The summed E-state index contributed by atoms with van der Waals surface area (Å²) in [5, 5.41) is 12.7. The zero-order valence-electron chi connectivity index (χ0n) is 19.0. The van der Waals surface area contributed by atoms with Gasteiger partial charge in [0.05, 0.1) is 6.67 Å². The highest BCUT2D eigenvalue weighted by Crippen LogP contribution is 2.20. The average molecular weight is 478 g/mol. The molecule has 1 aliphatic carbocycles. The number of aliphatic carboxylic acids is 1. The smallest absolute Gasteiger partial charge is 0.326 e. The van der Waals surface area contributed by atoms with Crippen LogP contribution in [0.3, 0.4) is 0 Å². The fraction of sp³-hybridized carbons (Fsp3) is 0.583. The predicted molar refractivity (Wildman–Crippen MR) is 128 cm³/mol. The maximum absolute atomic E-state index is 12.8. The van der Waals surface area contributed by atoms with Crippen molar-refractivity contribution in [1.29, 1.82) is 0 Å². The lowest BCUT2D eigenvalue weighted by Crippen LogP contribution is -2.36. The molecule has 2 heterocycles. The van der Waals surface area contributed by atoms with Gasteiger partial charge in [0, 0.05) is 30.5 Å². The molecule has 0 radical (unpaired) electrons. The first-order chi connectivity index (χ1) is 16.0. The van der Waals surface area contributed by atoms with Crippen LogP contribution in [0.2, 0.25) is 5.15 Å². The first-order valence-electron chi connectivity index (χ1n) is 11.8. The largest absolute Gasteiger partial charge is 0.480 e. The molecule has 0 saturated heterocycles. The maximum atomic E-state index is 12.8. The third-order valence-corrected chi connectivity index (χ3v) is 6.20. The Balaban J connectivity index is 1.46. The molecule has 9 heteroatoms. The van der Waals surface area contributed by atoms with E-state index in [1.54, 1.807) is 0 Å². The van der Waals surface area contributed by atoms with Crippen molar-refractivity contribution in [2.75, 3.05) is 31.6 Å². The van der Waals surface area contributed by atoms with Gasteiger partial charge in [-0.15, -0.1) is 0 Å². The van der Waals surface area contributed by atoms with Crippen LogP contribution in [0.5, 0.6) is 0 Å². The standard InChI is InChI=1S/C24H33ClFN5O2/c25-22-16-23(28-17-27-22)30-21(24(32)33)11-15-31(14-5-12-26)13-4-3-7-19-10-9-18-6-1-2-8-20(18)29-19/h9-10,16-17,21H,1-8,11-15H2,(H,32,33)(H,27,28,30)/t21-/m0/s1. The molecule has 3 rings (SSSR count). The van der Waals surface area contributed by atoms with E-state index in [-0.39, 0.29) is 11.8 Å². The number of pyridine rings is 1. The molecule has 1 atom stereocenters. The quantitative estimate of drug-likeness (QED) is 0.309. The number of alkyl halides is 1. The van der Waals surface area contributed by atoms with Gasteiger partial charge in [-0.1, -0.05) is 17.7 Å². The second kappa shape index (κ2) is 13.4. The minimum absolute atomic E-state index is 0.245. The van der Waals surface area contributed by atoms with Gasteiger partial charge >= 0.3 is 5.97 Å². The highest BCUT2D eigenvalue weighted by molar-refractivity contribution is 6.29. The second-order valence-electron chi connectivity index (χ2n) is 8.51. The Kier molecular flexibility index (Phi) is 10.3. The molecule has 0 aliphatic heterocycles. The summed E-state index contributed by atoms with van der Waals surface area (Å²) in [6.07, 6.45) is 9.69. The van der Waals surface area contributed by atoms with Crippen LogP contribution >= 0.6 is 11.6 Å². The lowest BCUT2D eigenvalue weighted by atomic mass is 9.95. The number of anilines is 1. The van der Waals surface area contributed by atoms with Gasteiger partial charge in [-0.05, 0) is 76.0 Å². The van der Waals surface area contributed by atoms with Gasteiger partial charge in [0.1, 0.15) is 23.3 Å². The summed E-state index contributed by atoms with van der Waals surface area (Å²) in [7, 11) is 0. The van der Waals surface area contributed by atoms with Gasteiger partial charge in [0.15, 0.2) is 0 Å². The Morgan fingerprint density at radius 2 is 1.97 bits per heavy atom. The molecule has 2 aromatic rings. The number of nitrogens with one attached hydrogen (secondary N) is 1. The molecule has 0 unspecified atom stereocenters. The van der Waals surface area contributed by atoms with E-state index < -0.39 is 12.0 Å². The summed E-state index contributed by atoms with van der Waals surface area (Å²) in [5.41, 5.74) is 3.80. The Bertz CT molecular complexity index is 901. The third-order valence-electron chi connectivity index (χ3n) is 5.99. The van der Waals surface area contributed by atoms with E-state index in [9.17, 15) is 14.3 Å². The van der Waals surface area contributed by atoms with Crippen molar-refractivity contribution in [2.24, 2.45) is 0 Å². The second-order valence-corrected chi connectivity index (χ2v) is 8.89. The number of carbonyl (C=O) groups is 1. The van der Waals surface area contributed by atoms with Crippen LogP contribution in [0.15, 0.2) is 24.5 Å². The summed E-state index contributed by atoms with van der Waals surface area (Å²) in [5.74, 6) is -0.594. The molecule has 7 nitrogen and oxygen atoms in total. The van der Waals surface area contributed by atoms with E-state index in [1.165, 1.54) is 36.5 Å². The van der Waals surface area contributed by atoms with E-state index in [0.29, 0.717) is 31.7 Å². The molecule has 0 bridgehead atoms. The molecule has 0 amide bonds. The Labute approximate surface area is 199 Å². The van der Waals surface area contributed by atoms with Crippen molar-refractivity contribution in [2.45, 2.75) is 63.8 Å². The molecular formula is C24H33ClFN5O2. The number of halogens is 2. The maximum Gasteiger partial charge on any atom is 0.326 e. The first-order valence-corrected chi connectivity index (χ1v) is 12.2. The molecular weight excluding hydrogens is 445 g/mol. The van der Waals surface area contributed by atoms with Crippen molar-refractivity contribution in [3.63, 3.8) is 0 Å². The Morgan fingerprint density at radius 1 is 1.15 bits per heavy atom. The minimum atomic E-state index is -0.964. The molecule has 33 heavy (non-hydrogen) atoms. The van der Waals surface area contributed by atoms with Gasteiger partial charge in [-0.2, -0.15) is 0 Å². The average Bonchev–Trinajstić information content (AvgIpc) is 2.81. The molecule has 2 N–H and O–H groups in total. The van der Waals surface area contributed by atoms with E-state index in [4.69, 9.17) is 16.6 Å². The molecule has 0 fully saturated rings. The molecule has 0 saturated carbocycles. The van der Waals surface area contributed by atoms with Crippen molar-refractivity contribution in [1.82, 2.24) is 19.9 Å². The Morgan fingerprint density at radius 3 is 2.76 bits per heavy atom. The number of hydrogen-bond donors (Lipinski definition) is 2. The lowest BCUT2D eigenvalue weighted by Gasteiger charge is -2.24. The summed E-state index contributed by atoms with van der Waals surface area (Å²) >= 11 is 5.86. The van der Waals surface area contributed by atoms with Crippen LogP contribution in [0, 0.1) is 0 Å². The number of nitrogens with zero attached hydrogens (tertiary/aromatic N) is 4. The van der Waals surface area contributed by atoms with Gasteiger partial charge in [-0.25, -0.2) is 14.8 Å². The topological polar surface area (TPSA) is 91.2 Å². The zero-order chi connectivity index (χ0) is 23.5. The van der Waals surface area contributed by atoms with E-state index >= 15 is 0 Å². The monoisotopic (exact) mass is 477 g/mol. The molecule has 0 aromatic carbocycles.